The fourth-order valence-corrected chi connectivity index (χ4v) is 4.31. The predicted octanol–water partition coefficient (Wildman–Crippen LogP) is 3.35. The van der Waals surface area contributed by atoms with Gasteiger partial charge in [0.2, 0.25) is 5.91 Å². The Balaban J connectivity index is 1.71. The number of carbonyl (C=O) groups is 1. The van der Waals surface area contributed by atoms with Gasteiger partial charge in [-0.3, -0.25) is 4.79 Å². The van der Waals surface area contributed by atoms with Crippen LogP contribution in [-0.2, 0) is 21.1 Å². The number of carbonyl (C=O) groups excluding carboxylic acids is 1. The van der Waals surface area contributed by atoms with Crippen LogP contribution in [0.25, 0.3) is 0 Å². The summed E-state index contributed by atoms with van der Waals surface area (Å²) in [6.45, 7) is 0. The van der Waals surface area contributed by atoms with Crippen LogP contribution < -0.4 is 4.90 Å². The zero-order valence-electron chi connectivity index (χ0n) is 13.9. The van der Waals surface area contributed by atoms with E-state index in [1.54, 1.807) is 11.0 Å². The number of sulfone groups is 1. The van der Waals surface area contributed by atoms with Crippen LogP contribution >= 0.6 is 0 Å². The van der Waals surface area contributed by atoms with E-state index >= 15 is 0 Å². The Morgan fingerprint density at radius 1 is 1.00 bits per heavy atom. The monoisotopic (exact) mass is 355 g/mol. The first-order valence-corrected chi connectivity index (χ1v) is 10.1. The van der Waals surface area contributed by atoms with Crippen LogP contribution in [0.2, 0.25) is 0 Å². The fraction of sp³-hybridized carbons (Fsp3) is 0.250. The number of aryl methyl sites for hydroxylation is 1. The molecule has 0 bridgehead atoms. The van der Waals surface area contributed by atoms with Crippen molar-refractivity contribution < 1.29 is 13.2 Å². The van der Waals surface area contributed by atoms with Gasteiger partial charge in [-0.05, 0) is 36.6 Å². The molecule has 130 valence electrons. The number of nitrogens with zero attached hydrogens (tertiary/aromatic N) is 1. The van der Waals surface area contributed by atoms with E-state index < -0.39 is 15.9 Å². The van der Waals surface area contributed by atoms with Gasteiger partial charge in [0, 0.05) is 17.5 Å². The molecule has 1 atom stereocenters. The van der Waals surface area contributed by atoms with Gasteiger partial charge < -0.3 is 4.90 Å². The Morgan fingerprint density at radius 2 is 1.64 bits per heavy atom. The van der Waals surface area contributed by atoms with E-state index in [1.165, 1.54) is 11.0 Å². The lowest BCUT2D eigenvalue weighted by molar-refractivity contribution is -0.118. The average Bonchev–Trinajstić information content (AvgIpc) is 2.96. The van der Waals surface area contributed by atoms with Crippen molar-refractivity contribution in [2.45, 2.75) is 25.3 Å². The standard InChI is InChI=1S/C20H21NO3S/c22-20(13-7-10-17-8-3-1-4-9-17)21(18-11-5-2-6-12-18)19-14-15-25(23,24)16-19/h1-6,8-9,11-12,14-15,19H,7,10,13,16H2/t19-/m1/s1. The number of hydrogen-bond donors (Lipinski definition) is 0. The molecule has 0 N–H and O–H groups in total. The van der Waals surface area contributed by atoms with Crippen molar-refractivity contribution in [1.29, 1.82) is 0 Å². The van der Waals surface area contributed by atoms with Crippen molar-refractivity contribution >= 4 is 21.4 Å². The molecular formula is C20H21NO3S. The van der Waals surface area contributed by atoms with Gasteiger partial charge in [0.05, 0.1) is 11.8 Å². The first-order chi connectivity index (χ1) is 12.1. The highest BCUT2D eigenvalue weighted by molar-refractivity contribution is 7.94. The molecule has 0 saturated heterocycles. The number of para-hydroxylation sites is 1. The minimum Gasteiger partial charge on any atom is -0.304 e. The lowest BCUT2D eigenvalue weighted by atomic mass is 10.1. The lowest BCUT2D eigenvalue weighted by Crippen LogP contribution is -2.41. The van der Waals surface area contributed by atoms with Crippen molar-refractivity contribution in [1.82, 2.24) is 0 Å². The molecule has 0 unspecified atom stereocenters. The van der Waals surface area contributed by atoms with E-state index in [4.69, 9.17) is 0 Å². The van der Waals surface area contributed by atoms with E-state index in [2.05, 4.69) is 0 Å². The first-order valence-electron chi connectivity index (χ1n) is 8.37. The lowest BCUT2D eigenvalue weighted by Gasteiger charge is -2.27. The average molecular weight is 355 g/mol. The van der Waals surface area contributed by atoms with Gasteiger partial charge in [-0.1, -0.05) is 48.5 Å². The van der Waals surface area contributed by atoms with Crippen LogP contribution in [0.15, 0.2) is 72.1 Å². The van der Waals surface area contributed by atoms with E-state index in [-0.39, 0.29) is 11.7 Å². The summed E-state index contributed by atoms with van der Waals surface area (Å²) < 4.78 is 23.5. The van der Waals surface area contributed by atoms with Crippen molar-refractivity contribution in [2.75, 3.05) is 10.7 Å². The molecule has 1 heterocycles. The Bertz CT molecular complexity index is 845. The van der Waals surface area contributed by atoms with Gasteiger partial charge in [0.15, 0.2) is 9.84 Å². The van der Waals surface area contributed by atoms with Crippen LogP contribution in [0, 0.1) is 0 Å². The number of benzene rings is 2. The Hall–Kier alpha value is -2.40. The smallest absolute Gasteiger partial charge is 0.227 e. The third-order valence-corrected chi connectivity index (χ3v) is 5.62. The van der Waals surface area contributed by atoms with Crippen LogP contribution in [0.1, 0.15) is 18.4 Å². The van der Waals surface area contributed by atoms with Gasteiger partial charge in [-0.2, -0.15) is 0 Å². The summed E-state index contributed by atoms with van der Waals surface area (Å²) in [7, 11) is -3.22. The highest BCUT2D eigenvalue weighted by Gasteiger charge is 2.30. The van der Waals surface area contributed by atoms with Crippen molar-refractivity contribution in [3.8, 4) is 0 Å². The zero-order chi connectivity index (χ0) is 17.7. The SMILES string of the molecule is O=C(CCCc1ccccc1)N(c1ccccc1)[C@@H]1C=CS(=O)(=O)C1. The quantitative estimate of drug-likeness (QED) is 0.798. The first kappa shape index (κ1) is 17.4. The van der Waals surface area contributed by atoms with Gasteiger partial charge in [-0.25, -0.2) is 8.42 Å². The van der Waals surface area contributed by atoms with E-state index in [9.17, 15) is 13.2 Å². The molecule has 1 aliphatic rings. The molecule has 0 fully saturated rings. The van der Waals surface area contributed by atoms with Crippen molar-refractivity contribution in [3.05, 3.63) is 77.7 Å². The highest BCUT2D eigenvalue weighted by Crippen LogP contribution is 2.24. The summed E-state index contributed by atoms with van der Waals surface area (Å²) in [6.07, 6.45) is 3.55. The van der Waals surface area contributed by atoms with Gasteiger partial charge in [-0.15, -0.1) is 0 Å². The normalized spacial score (nSPS) is 18.2. The summed E-state index contributed by atoms with van der Waals surface area (Å²) in [5.74, 6) is -0.0966. The summed E-state index contributed by atoms with van der Waals surface area (Å²) in [5.41, 5.74) is 1.93. The van der Waals surface area contributed by atoms with Crippen LogP contribution in [0.4, 0.5) is 5.69 Å². The van der Waals surface area contributed by atoms with E-state index in [1.807, 2.05) is 60.7 Å². The predicted molar refractivity (Wildman–Crippen MR) is 100 cm³/mol. The van der Waals surface area contributed by atoms with E-state index in [0.717, 1.165) is 18.5 Å². The second kappa shape index (κ2) is 7.66. The van der Waals surface area contributed by atoms with Gasteiger partial charge >= 0.3 is 0 Å². The maximum Gasteiger partial charge on any atom is 0.227 e. The third-order valence-electron chi connectivity index (χ3n) is 4.24. The van der Waals surface area contributed by atoms with Gasteiger partial charge in [0.1, 0.15) is 0 Å². The summed E-state index contributed by atoms with van der Waals surface area (Å²) >= 11 is 0. The minimum atomic E-state index is -3.22. The molecule has 1 aliphatic heterocycles. The third kappa shape index (κ3) is 4.57. The van der Waals surface area contributed by atoms with Crippen LogP contribution in [0.5, 0.6) is 0 Å². The zero-order valence-corrected chi connectivity index (χ0v) is 14.7. The molecule has 0 saturated carbocycles. The molecule has 0 aromatic heterocycles. The highest BCUT2D eigenvalue weighted by atomic mass is 32.2. The van der Waals surface area contributed by atoms with Crippen LogP contribution in [0.3, 0.4) is 0 Å². The molecule has 2 aromatic carbocycles. The number of rotatable bonds is 6. The minimum absolute atomic E-state index is 0.0473. The topological polar surface area (TPSA) is 54.5 Å². The summed E-state index contributed by atoms with van der Waals surface area (Å²) in [6, 6.07) is 18.9. The molecule has 3 rings (SSSR count). The van der Waals surface area contributed by atoms with E-state index in [0.29, 0.717) is 6.42 Å². The largest absolute Gasteiger partial charge is 0.304 e. The number of hydrogen-bond acceptors (Lipinski definition) is 3. The second-order valence-electron chi connectivity index (χ2n) is 6.16. The maximum absolute atomic E-state index is 12.8. The Labute approximate surface area is 148 Å². The number of amides is 1. The molecule has 4 nitrogen and oxygen atoms in total. The summed E-state index contributed by atoms with van der Waals surface area (Å²) in [4.78, 5) is 14.4. The number of anilines is 1. The van der Waals surface area contributed by atoms with Crippen LogP contribution in [-0.4, -0.2) is 26.1 Å². The molecule has 2 aromatic rings. The molecule has 0 aliphatic carbocycles. The molecule has 1 amide bonds. The molecule has 25 heavy (non-hydrogen) atoms. The molecule has 0 spiro atoms. The molecular weight excluding hydrogens is 334 g/mol. The van der Waals surface area contributed by atoms with Crippen molar-refractivity contribution in [3.63, 3.8) is 0 Å². The van der Waals surface area contributed by atoms with Crippen molar-refractivity contribution in [2.24, 2.45) is 0 Å². The second-order valence-corrected chi connectivity index (χ2v) is 8.10. The Morgan fingerprint density at radius 3 is 2.24 bits per heavy atom. The molecule has 0 radical (unpaired) electrons. The summed E-state index contributed by atoms with van der Waals surface area (Å²) in [5, 5.41) is 1.21. The molecule has 5 heteroatoms. The Kier molecular flexibility index (Phi) is 5.34. The van der Waals surface area contributed by atoms with Gasteiger partial charge in [0.25, 0.3) is 0 Å². The maximum atomic E-state index is 12.8. The fourth-order valence-electron chi connectivity index (χ4n) is 3.04.